The van der Waals surface area contributed by atoms with Crippen LogP contribution >= 0.6 is 0 Å². The zero-order chi connectivity index (χ0) is 15.0. The number of carbonyl (C=O) groups excluding carboxylic acids is 1. The summed E-state index contributed by atoms with van der Waals surface area (Å²) in [5, 5.41) is 10.8. The summed E-state index contributed by atoms with van der Waals surface area (Å²) in [6.07, 6.45) is 1.32. The Labute approximate surface area is 121 Å². The number of hydrogen-bond donors (Lipinski definition) is 0. The Hall–Kier alpha value is -1.72. The van der Waals surface area contributed by atoms with Crippen molar-refractivity contribution >= 4 is 6.09 Å². The number of carbonyl (C=O) groups is 1. The molecular weight excluding hydrogens is 278 g/mol. The smallest absolute Gasteiger partial charge is 0.265 e. The second-order valence-corrected chi connectivity index (χ2v) is 6.18. The lowest BCUT2D eigenvalue weighted by atomic mass is 9.57. The molecule has 1 amide bonds. The van der Waals surface area contributed by atoms with Crippen molar-refractivity contribution in [3.63, 3.8) is 0 Å². The van der Waals surface area contributed by atoms with Gasteiger partial charge in [-0.1, -0.05) is 0 Å². The van der Waals surface area contributed by atoms with E-state index < -0.39 is 12.5 Å². The summed E-state index contributed by atoms with van der Waals surface area (Å²) in [5.74, 6) is 0.311. The van der Waals surface area contributed by atoms with Crippen LogP contribution in [0.5, 0.6) is 0 Å². The van der Waals surface area contributed by atoms with E-state index in [9.17, 15) is 18.7 Å². The van der Waals surface area contributed by atoms with Crippen LogP contribution in [0.3, 0.4) is 0 Å². The van der Waals surface area contributed by atoms with Gasteiger partial charge >= 0.3 is 0 Å². The van der Waals surface area contributed by atoms with Crippen molar-refractivity contribution < 1.29 is 18.7 Å². The predicted octanol–water partition coefficient (Wildman–Crippen LogP) is 2.32. The molecule has 0 aromatic carbocycles. The van der Waals surface area contributed by atoms with E-state index in [1.807, 2.05) is 0 Å². The Morgan fingerprint density at radius 1 is 1.33 bits per heavy atom. The van der Waals surface area contributed by atoms with Gasteiger partial charge in [-0.3, -0.25) is 4.98 Å². The van der Waals surface area contributed by atoms with Crippen LogP contribution < -0.4 is 5.11 Å². The summed E-state index contributed by atoms with van der Waals surface area (Å²) in [7, 11) is 0. The van der Waals surface area contributed by atoms with Crippen LogP contribution in [0.25, 0.3) is 0 Å². The maximum Gasteiger partial charge on any atom is 0.265 e. The van der Waals surface area contributed by atoms with Crippen molar-refractivity contribution in [1.82, 2.24) is 9.88 Å². The summed E-state index contributed by atoms with van der Waals surface area (Å²) in [6.45, 7) is 1.07. The maximum absolute atomic E-state index is 12.5. The molecule has 2 heterocycles. The Bertz CT molecular complexity index is 517. The van der Waals surface area contributed by atoms with E-state index in [-0.39, 0.29) is 11.0 Å². The molecule has 6 heteroatoms. The number of nitrogens with zero attached hydrogens (tertiary/aromatic N) is 2. The molecule has 2 aliphatic rings. The number of rotatable bonds is 2. The van der Waals surface area contributed by atoms with Crippen LogP contribution in [0, 0.1) is 5.41 Å². The molecule has 3 rings (SSSR count). The third-order valence-electron chi connectivity index (χ3n) is 4.92. The van der Waals surface area contributed by atoms with E-state index in [2.05, 4.69) is 4.98 Å². The molecule has 2 fully saturated rings. The quantitative estimate of drug-likeness (QED) is 0.841. The van der Waals surface area contributed by atoms with Crippen LogP contribution in [-0.2, 0) is 0 Å². The molecular formula is C15H17F2N2O2-. The van der Waals surface area contributed by atoms with Crippen LogP contribution in [0.4, 0.5) is 13.6 Å². The van der Waals surface area contributed by atoms with Gasteiger partial charge in [0.1, 0.15) is 6.09 Å². The first-order valence-electron chi connectivity index (χ1n) is 7.19. The van der Waals surface area contributed by atoms with Gasteiger partial charge in [0.15, 0.2) is 0 Å². The molecule has 0 radical (unpaired) electrons. The van der Waals surface area contributed by atoms with Gasteiger partial charge in [-0.15, -0.1) is 0 Å². The van der Waals surface area contributed by atoms with Crippen molar-refractivity contribution in [2.75, 3.05) is 13.1 Å². The molecule has 0 bridgehead atoms. The van der Waals surface area contributed by atoms with E-state index in [1.165, 1.54) is 17.2 Å². The first-order valence-corrected chi connectivity index (χ1v) is 7.19. The van der Waals surface area contributed by atoms with Crippen LogP contribution in [0.2, 0.25) is 0 Å². The average Bonchev–Trinajstić information content (AvgIpc) is 2.45. The number of carboxylic acid groups (broad SMARTS) is 1. The van der Waals surface area contributed by atoms with Crippen LogP contribution in [0.1, 0.15) is 49.3 Å². The summed E-state index contributed by atoms with van der Waals surface area (Å²) in [5.41, 5.74) is 1.03. The van der Waals surface area contributed by atoms with E-state index >= 15 is 0 Å². The van der Waals surface area contributed by atoms with Gasteiger partial charge in [0.2, 0.25) is 0 Å². The fourth-order valence-corrected chi connectivity index (χ4v) is 3.55. The molecule has 114 valence electrons. The maximum atomic E-state index is 12.5. The Morgan fingerprint density at radius 2 is 2.00 bits per heavy atom. The molecule has 4 nitrogen and oxygen atoms in total. The number of alkyl halides is 2. The number of aromatic nitrogens is 1. The zero-order valence-electron chi connectivity index (χ0n) is 11.6. The predicted molar refractivity (Wildman–Crippen MR) is 69.8 cm³/mol. The van der Waals surface area contributed by atoms with Crippen molar-refractivity contribution in [1.29, 1.82) is 0 Å². The van der Waals surface area contributed by atoms with E-state index in [4.69, 9.17) is 0 Å². The second-order valence-electron chi connectivity index (χ2n) is 6.18. The SMILES string of the molecule is O=C([O-])N1CCC2(CC1)CC(c1ccc(C(F)F)cn1)C2. The summed E-state index contributed by atoms with van der Waals surface area (Å²) in [4.78, 5) is 16.3. The molecule has 1 saturated heterocycles. The molecule has 0 atom stereocenters. The fourth-order valence-electron chi connectivity index (χ4n) is 3.55. The summed E-state index contributed by atoms with van der Waals surface area (Å²) >= 11 is 0. The molecule has 1 aliphatic carbocycles. The van der Waals surface area contributed by atoms with E-state index in [0.717, 1.165) is 31.4 Å². The van der Waals surface area contributed by atoms with E-state index in [0.29, 0.717) is 19.0 Å². The molecule has 1 aromatic rings. The van der Waals surface area contributed by atoms with Gasteiger partial charge in [-0.2, -0.15) is 0 Å². The van der Waals surface area contributed by atoms with Gasteiger partial charge in [0, 0.05) is 36.5 Å². The zero-order valence-corrected chi connectivity index (χ0v) is 11.6. The Balaban J connectivity index is 1.57. The number of hydrogen-bond acceptors (Lipinski definition) is 3. The summed E-state index contributed by atoms with van der Waals surface area (Å²) < 4.78 is 25.0. The highest BCUT2D eigenvalue weighted by Gasteiger charge is 2.46. The highest BCUT2D eigenvalue weighted by molar-refractivity contribution is 5.62. The van der Waals surface area contributed by atoms with E-state index in [1.54, 1.807) is 6.07 Å². The molecule has 1 spiro atoms. The normalized spacial score (nSPS) is 21.6. The van der Waals surface area contributed by atoms with Gasteiger partial charge in [0.05, 0.1) is 0 Å². The molecule has 1 saturated carbocycles. The van der Waals surface area contributed by atoms with Crippen molar-refractivity contribution in [2.24, 2.45) is 5.41 Å². The average molecular weight is 295 g/mol. The summed E-state index contributed by atoms with van der Waals surface area (Å²) in [6, 6.07) is 3.13. The lowest BCUT2D eigenvalue weighted by Gasteiger charge is -2.52. The first-order chi connectivity index (χ1) is 9.99. The highest BCUT2D eigenvalue weighted by Crippen LogP contribution is 2.56. The molecule has 1 aromatic heterocycles. The lowest BCUT2D eigenvalue weighted by Crippen LogP contribution is -2.51. The highest BCUT2D eigenvalue weighted by atomic mass is 19.3. The minimum atomic E-state index is -2.48. The van der Waals surface area contributed by atoms with Crippen molar-refractivity contribution in [2.45, 2.75) is 38.0 Å². The van der Waals surface area contributed by atoms with Crippen LogP contribution in [-0.4, -0.2) is 29.1 Å². The standard InChI is InChI=1S/C15H18F2N2O2/c16-13(17)10-1-2-12(18-9-10)11-7-15(8-11)3-5-19(6-4-15)14(20)21/h1-2,9,11,13H,3-8H2,(H,20,21)/p-1. The fraction of sp³-hybridized carbons (Fsp3) is 0.600. The Kier molecular flexibility index (Phi) is 3.55. The third-order valence-corrected chi connectivity index (χ3v) is 4.92. The van der Waals surface area contributed by atoms with Gasteiger partial charge in [0.25, 0.3) is 6.43 Å². The van der Waals surface area contributed by atoms with Crippen LogP contribution in [0.15, 0.2) is 18.3 Å². The first kappa shape index (κ1) is 14.2. The number of piperidine rings is 1. The largest absolute Gasteiger partial charge is 0.530 e. The second kappa shape index (κ2) is 5.24. The number of amides is 1. The van der Waals surface area contributed by atoms with Gasteiger partial charge in [-0.25, -0.2) is 8.78 Å². The number of halogens is 2. The molecule has 21 heavy (non-hydrogen) atoms. The molecule has 1 aliphatic heterocycles. The van der Waals surface area contributed by atoms with Gasteiger partial charge < -0.3 is 14.8 Å². The van der Waals surface area contributed by atoms with Crippen molar-refractivity contribution in [3.8, 4) is 0 Å². The molecule has 0 unspecified atom stereocenters. The monoisotopic (exact) mass is 295 g/mol. The number of likely N-dealkylation sites (tertiary alicyclic amines) is 1. The number of pyridine rings is 1. The topological polar surface area (TPSA) is 56.3 Å². The minimum Gasteiger partial charge on any atom is -0.530 e. The van der Waals surface area contributed by atoms with Gasteiger partial charge in [-0.05, 0) is 43.2 Å². The third kappa shape index (κ3) is 2.71. The lowest BCUT2D eigenvalue weighted by molar-refractivity contribution is -0.267. The minimum absolute atomic E-state index is 0.0462. The van der Waals surface area contributed by atoms with Crippen molar-refractivity contribution in [3.05, 3.63) is 29.6 Å². The Morgan fingerprint density at radius 3 is 2.48 bits per heavy atom. The molecule has 0 N–H and O–H groups in total.